The molecule has 0 spiro atoms. The second kappa shape index (κ2) is 9.15. The molecule has 0 bridgehead atoms. The number of amides is 1. The van der Waals surface area contributed by atoms with Crippen LogP contribution in [0, 0.1) is 6.92 Å². The lowest BCUT2D eigenvalue weighted by Crippen LogP contribution is -2.48. The number of carbonyl (C=O) groups is 1. The van der Waals surface area contributed by atoms with E-state index in [9.17, 15) is 18.0 Å². The average molecular weight is 426 g/mol. The normalized spacial score (nSPS) is 16.0. The summed E-state index contributed by atoms with van der Waals surface area (Å²) in [6.07, 6.45) is -4.59. The summed E-state index contributed by atoms with van der Waals surface area (Å²) in [6, 6.07) is 11.7. The van der Waals surface area contributed by atoms with Crippen molar-refractivity contribution in [3.05, 3.63) is 64.2 Å². The van der Waals surface area contributed by atoms with Crippen LogP contribution in [0.2, 0.25) is 5.02 Å². The summed E-state index contributed by atoms with van der Waals surface area (Å²) in [6.45, 7) is 5.90. The first kappa shape index (κ1) is 21.6. The van der Waals surface area contributed by atoms with Gasteiger partial charge in [0.25, 0.3) is 0 Å². The van der Waals surface area contributed by atoms with Crippen LogP contribution in [0.4, 0.5) is 18.9 Å². The van der Waals surface area contributed by atoms with E-state index in [1.54, 1.807) is 0 Å². The number of halogens is 4. The second-order valence-electron chi connectivity index (χ2n) is 7.19. The molecule has 8 heteroatoms. The van der Waals surface area contributed by atoms with Gasteiger partial charge >= 0.3 is 6.18 Å². The third-order valence-corrected chi connectivity index (χ3v) is 5.39. The highest BCUT2D eigenvalue weighted by molar-refractivity contribution is 6.34. The molecule has 3 rings (SSSR count). The Morgan fingerprint density at radius 2 is 1.69 bits per heavy atom. The van der Waals surface area contributed by atoms with Gasteiger partial charge in [0, 0.05) is 32.7 Å². The van der Waals surface area contributed by atoms with Gasteiger partial charge < -0.3 is 5.32 Å². The Labute approximate surface area is 173 Å². The van der Waals surface area contributed by atoms with Crippen LogP contribution in [0.25, 0.3) is 0 Å². The Hall–Kier alpha value is -2.09. The molecule has 2 aromatic rings. The van der Waals surface area contributed by atoms with Crippen molar-refractivity contribution in [3.63, 3.8) is 0 Å². The summed E-state index contributed by atoms with van der Waals surface area (Å²) in [5.74, 6) is -0.504. The van der Waals surface area contributed by atoms with Crippen molar-refractivity contribution in [3.8, 4) is 0 Å². The zero-order valence-electron chi connectivity index (χ0n) is 16.1. The van der Waals surface area contributed by atoms with Crippen LogP contribution in [0.1, 0.15) is 16.7 Å². The van der Waals surface area contributed by atoms with E-state index in [1.165, 1.54) is 23.3 Å². The summed E-state index contributed by atoms with van der Waals surface area (Å²) in [4.78, 5) is 16.6. The maximum atomic E-state index is 13.2. The van der Waals surface area contributed by atoms with Crippen molar-refractivity contribution in [1.29, 1.82) is 0 Å². The number of hydrogen-bond donors (Lipinski definition) is 1. The SMILES string of the molecule is Cc1ccccc1CN1CCN(CC(=O)Nc2c(Cl)cccc2C(F)(F)F)CC1. The predicted molar refractivity (Wildman–Crippen MR) is 108 cm³/mol. The molecule has 1 aliphatic heterocycles. The molecule has 0 aliphatic carbocycles. The standard InChI is InChI=1S/C21H23ClF3N3O/c1-15-5-2-3-6-16(15)13-27-9-11-28(12-10-27)14-19(29)26-20-17(21(23,24)25)7-4-8-18(20)22/h2-8H,9-14H2,1H3,(H,26,29). The first-order chi connectivity index (χ1) is 13.7. The second-order valence-corrected chi connectivity index (χ2v) is 7.59. The maximum Gasteiger partial charge on any atom is 0.418 e. The van der Waals surface area contributed by atoms with E-state index in [0.717, 1.165) is 25.7 Å². The van der Waals surface area contributed by atoms with Crippen molar-refractivity contribution in [1.82, 2.24) is 9.80 Å². The van der Waals surface area contributed by atoms with Crippen LogP contribution in [-0.2, 0) is 17.5 Å². The lowest BCUT2D eigenvalue weighted by Gasteiger charge is -2.34. The minimum atomic E-state index is -4.59. The molecule has 1 aliphatic rings. The first-order valence-electron chi connectivity index (χ1n) is 9.39. The molecule has 1 N–H and O–H groups in total. The Morgan fingerprint density at radius 3 is 2.34 bits per heavy atom. The smallest absolute Gasteiger partial charge is 0.323 e. The van der Waals surface area contributed by atoms with Gasteiger partial charge in [0.15, 0.2) is 0 Å². The van der Waals surface area contributed by atoms with Crippen LogP contribution < -0.4 is 5.32 Å². The Bertz CT molecular complexity index is 864. The van der Waals surface area contributed by atoms with Gasteiger partial charge in [0.1, 0.15) is 0 Å². The fourth-order valence-electron chi connectivity index (χ4n) is 3.40. The van der Waals surface area contributed by atoms with E-state index in [2.05, 4.69) is 29.3 Å². The van der Waals surface area contributed by atoms with Crippen molar-refractivity contribution in [2.75, 3.05) is 38.0 Å². The number of nitrogens with zero attached hydrogens (tertiary/aromatic N) is 2. The summed E-state index contributed by atoms with van der Waals surface area (Å²) >= 11 is 5.90. The molecule has 156 valence electrons. The van der Waals surface area contributed by atoms with Gasteiger partial charge in [-0.1, -0.05) is 41.9 Å². The molecule has 4 nitrogen and oxygen atoms in total. The van der Waals surface area contributed by atoms with Crippen molar-refractivity contribution < 1.29 is 18.0 Å². The quantitative estimate of drug-likeness (QED) is 0.770. The van der Waals surface area contributed by atoms with Crippen LogP contribution in [0.15, 0.2) is 42.5 Å². The fourth-order valence-corrected chi connectivity index (χ4v) is 3.63. The van der Waals surface area contributed by atoms with Gasteiger partial charge in [-0.05, 0) is 30.2 Å². The van der Waals surface area contributed by atoms with Crippen LogP contribution in [0.3, 0.4) is 0 Å². The molecule has 2 aromatic carbocycles. The number of carbonyl (C=O) groups excluding carboxylic acids is 1. The number of anilines is 1. The van der Waals surface area contributed by atoms with E-state index >= 15 is 0 Å². The van der Waals surface area contributed by atoms with Crippen LogP contribution >= 0.6 is 11.6 Å². The van der Waals surface area contributed by atoms with Crippen molar-refractivity contribution >= 4 is 23.2 Å². The zero-order chi connectivity index (χ0) is 21.0. The minimum Gasteiger partial charge on any atom is -0.323 e. The Kier molecular flexibility index (Phi) is 6.82. The summed E-state index contributed by atoms with van der Waals surface area (Å²) in [5.41, 5.74) is 1.19. The average Bonchev–Trinajstić information content (AvgIpc) is 2.66. The number of piperazine rings is 1. The van der Waals surface area contributed by atoms with Gasteiger partial charge in [-0.25, -0.2) is 0 Å². The van der Waals surface area contributed by atoms with Gasteiger partial charge in [-0.2, -0.15) is 13.2 Å². The topological polar surface area (TPSA) is 35.6 Å². The first-order valence-corrected chi connectivity index (χ1v) is 9.76. The molecule has 1 amide bonds. The highest BCUT2D eigenvalue weighted by Crippen LogP contribution is 2.38. The third-order valence-electron chi connectivity index (χ3n) is 5.07. The molecule has 29 heavy (non-hydrogen) atoms. The number of benzene rings is 2. The van der Waals surface area contributed by atoms with Gasteiger partial charge in [-0.15, -0.1) is 0 Å². The fraction of sp³-hybridized carbons (Fsp3) is 0.381. The molecule has 1 heterocycles. The molecular weight excluding hydrogens is 403 g/mol. The predicted octanol–water partition coefficient (Wildman–Crippen LogP) is 4.42. The molecule has 1 fully saturated rings. The van der Waals surface area contributed by atoms with E-state index in [0.29, 0.717) is 13.1 Å². The molecule has 0 aromatic heterocycles. The van der Waals surface area contributed by atoms with Crippen molar-refractivity contribution in [2.24, 2.45) is 0 Å². The third kappa shape index (κ3) is 5.72. The lowest BCUT2D eigenvalue weighted by atomic mass is 10.1. The van der Waals surface area contributed by atoms with Gasteiger partial charge in [0.2, 0.25) is 5.91 Å². The molecule has 0 unspecified atom stereocenters. The number of aryl methyl sites for hydroxylation is 1. The molecule has 0 atom stereocenters. The number of para-hydroxylation sites is 1. The van der Waals surface area contributed by atoms with Crippen LogP contribution in [0.5, 0.6) is 0 Å². The minimum absolute atomic E-state index is 0.0285. The van der Waals surface area contributed by atoms with Gasteiger partial charge in [-0.3, -0.25) is 14.6 Å². The summed E-state index contributed by atoms with van der Waals surface area (Å²) in [7, 11) is 0. The maximum absolute atomic E-state index is 13.2. The van der Waals surface area contributed by atoms with E-state index in [4.69, 9.17) is 11.6 Å². The Balaban J connectivity index is 1.54. The monoisotopic (exact) mass is 425 g/mol. The summed E-state index contributed by atoms with van der Waals surface area (Å²) in [5, 5.41) is 2.22. The van der Waals surface area contributed by atoms with E-state index < -0.39 is 17.6 Å². The number of rotatable bonds is 5. The van der Waals surface area contributed by atoms with Crippen molar-refractivity contribution in [2.45, 2.75) is 19.6 Å². The molecular formula is C21H23ClF3N3O. The molecule has 1 saturated heterocycles. The zero-order valence-corrected chi connectivity index (χ0v) is 16.9. The summed E-state index contributed by atoms with van der Waals surface area (Å²) < 4.78 is 39.5. The largest absolute Gasteiger partial charge is 0.418 e. The Morgan fingerprint density at radius 1 is 1.03 bits per heavy atom. The highest BCUT2D eigenvalue weighted by atomic mass is 35.5. The number of hydrogen-bond acceptors (Lipinski definition) is 3. The van der Waals surface area contributed by atoms with Crippen LogP contribution in [-0.4, -0.2) is 48.4 Å². The number of alkyl halides is 3. The highest BCUT2D eigenvalue weighted by Gasteiger charge is 2.35. The van der Waals surface area contributed by atoms with E-state index in [1.807, 2.05) is 17.0 Å². The lowest BCUT2D eigenvalue weighted by molar-refractivity contribution is -0.137. The van der Waals surface area contributed by atoms with E-state index in [-0.39, 0.29) is 17.3 Å². The number of nitrogens with one attached hydrogen (secondary N) is 1. The van der Waals surface area contributed by atoms with Gasteiger partial charge in [0.05, 0.1) is 22.8 Å². The molecule has 0 radical (unpaired) electrons. The molecule has 0 saturated carbocycles.